The van der Waals surface area contributed by atoms with Gasteiger partial charge in [-0.15, -0.1) is 0 Å². The first-order chi connectivity index (χ1) is 17.0. The van der Waals surface area contributed by atoms with E-state index in [9.17, 15) is 9.59 Å². The Bertz CT molecular complexity index is 1050. The van der Waals surface area contributed by atoms with Gasteiger partial charge in [-0.3, -0.25) is 9.89 Å². The molecule has 1 saturated heterocycles. The Balaban J connectivity index is 0.000000371. The average Bonchev–Trinajstić information content (AvgIpc) is 3.05. The van der Waals surface area contributed by atoms with E-state index in [4.69, 9.17) is 25.0 Å². The van der Waals surface area contributed by atoms with Crippen LogP contribution in [0.15, 0.2) is 69.4 Å². The van der Waals surface area contributed by atoms with Crippen LogP contribution in [0.1, 0.15) is 5.56 Å². The number of nitrogens with zero attached hydrogens (tertiary/aromatic N) is 3. The molecule has 0 aliphatic carbocycles. The van der Waals surface area contributed by atoms with Crippen LogP contribution in [0.2, 0.25) is 0 Å². The van der Waals surface area contributed by atoms with Crippen LogP contribution in [-0.2, 0) is 14.3 Å². The summed E-state index contributed by atoms with van der Waals surface area (Å²) in [5.41, 5.74) is 3.53. The lowest BCUT2D eigenvalue weighted by Gasteiger charge is -2.36. The zero-order valence-corrected chi connectivity index (χ0v) is 20.1. The number of carboxylic acids is 2. The largest absolute Gasteiger partial charge is 0.478 e. The van der Waals surface area contributed by atoms with Crippen molar-refractivity contribution in [2.75, 3.05) is 57.4 Å². The number of carboxylic acid groups (broad SMARTS) is 2. The minimum absolute atomic E-state index is 0.0936. The lowest BCUT2D eigenvalue weighted by Crippen LogP contribution is -2.47. The molecule has 2 heterocycles. The molecule has 3 N–H and O–H groups in total. The van der Waals surface area contributed by atoms with Gasteiger partial charge in [0.1, 0.15) is 0 Å². The highest BCUT2D eigenvalue weighted by molar-refractivity contribution is 7.99. The molecule has 0 radical (unpaired) electrons. The maximum atomic E-state index is 9.55. The van der Waals surface area contributed by atoms with Gasteiger partial charge in [-0.2, -0.15) is 0 Å². The number of fused-ring (bicyclic) bond motifs is 2. The van der Waals surface area contributed by atoms with Crippen molar-refractivity contribution in [3.63, 3.8) is 0 Å². The number of rotatable bonds is 8. The van der Waals surface area contributed by atoms with Crippen LogP contribution < -0.4 is 4.90 Å². The van der Waals surface area contributed by atoms with Crippen LogP contribution in [0.4, 0.5) is 11.4 Å². The molecule has 2 aliphatic rings. The van der Waals surface area contributed by atoms with Crippen molar-refractivity contribution in [1.82, 2.24) is 4.90 Å². The van der Waals surface area contributed by atoms with Crippen LogP contribution in [0.5, 0.6) is 0 Å². The van der Waals surface area contributed by atoms with Gasteiger partial charge in [0.15, 0.2) is 0 Å². The second kappa shape index (κ2) is 13.6. The molecule has 0 saturated carbocycles. The molecule has 0 unspecified atom stereocenters. The molecule has 2 aromatic carbocycles. The van der Waals surface area contributed by atoms with Crippen molar-refractivity contribution in [2.45, 2.75) is 9.79 Å². The van der Waals surface area contributed by atoms with Gasteiger partial charge in [0.25, 0.3) is 0 Å². The molecular formula is C25H29N3O6S. The summed E-state index contributed by atoms with van der Waals surface area (Å²) in [4.78, 5) is 31.2. The molecule has 0 amide bonds. The van der Waals surface area contributed by atoms with Gasteiger partial charge in [0, 0.05) is 72.1 Å². The standard InChI is InChI=1S/C21H25N3O2S.C4H4O4/c25-13-15-26-14-12-23-8-10-24(11-9-23)19-5-3-7-20-17(19)16-22-18-4-1-2-6-21(18)27-20;5-3(6)1-2-4(7)8/h1-7,16,25H,8-15H2;1-2H,(H,5,6)(H,7,8). The highest BCUT2D eigenvalue weighted by atomic mass is 32.2. The molecule has 0 spiro atoms. The van der Waals surface area contributed by atoms with E-state index in [1.165, 1.54) is 21.0 Å². The molecule has 0 aromatic heterocycles. The topological polar surface area (TPSA) is 123 Å². The summed E-state index contributed by atoms with van der Waals surface area (Å²) in [6.07, 6.45) is 3.14. The molecular weight excluding hydrogens is 470 g/mol. The summed E-state index contributed by atoms with van der Waals surface area (Å²) in [6, 6.07) is 14.9. The van der Waals surface area contributed by atoms with E-state index < -0.39 is 11.9 Å². The van der Waals surface area contributed by atoms with E-state index in [-0.39, 0.29) is 6.61 Å². The highest BCUT2D eigenvalue weighted by Crippen LogP contribution is 2.41. The van der Waals surface area contributed by atoms with Gasteiger partial charge in [0.05, 0.1) is 25.5 Å². The summed E-state index contributed by atoms with van der Waals surface area (Å²) >= 11 is 1.80. The van der Waals surface area contributed by atoms with Gasteiger partial charge in [-0.05, 0) is 24.3 Å². The van der Waals surface area contributed by atoms with E-state index >= 15 is 0 Å². The number of piperazine rings is 1. The van der Waals surface area contributed by atoms with Gasteiger partial charge >= 0.3 is 11.9 Å². The predicted molar refractivity (Wildman–Crippen MR) is 135 cm³/mol. The van der Waals surface area contributed by atoms with Crippen molar-refractivity contribution in [1.29, 1.82) is 0 Å². The third-order valence-corrected chi connectivity index (χ3v) is 6.47. The number of hydrogen-bond acceptors (Lipinski definition) is 8. The third kappa shape index (κ3) is 8.22. The van der Waals surface area contributed by atoms with E-state index in [0.717, 1.165) is 38.4 Å². The fraction of sp³-hybridized carbons (Fsp3) is 0.320. The maximum Gasteiger partial charge on any atom is 0.328 e. The number of carbonyl (C=O) groups is 2. The molecule has 4 rings (SSSR count). The molecule has 9 nitrogen and oxygen atoms in total. The van der Waals surface area contributed by atoms with E-state index in [2.05, 4.69) is 46.2 Å². The summed E-state index contributed by atoms with van der Waals surface area (Å²) in [7, 11) is 0. The number of aliphatic hydroxyl groups excluding tert-OH is 1. The Morgan fingerprint density at radius 2 is 1.63 bits per heavy atom. The Labute approximate surface area is 208 Å². The summed E-state index contributed by atoms with van der Waals surface area (Å²) < 4.78 is 5.39. The predicted octanol–water partition coefficient (Wildman–Crippen LogP) is 2.74. The first-order valence-corrected chi connectivity index (χ1v) is 12.0. The molecule has 10 heteroatoms. The smallest absolute Gasteiger partial charge is 0.328 e. The number of ether oxygens (including phenoxy) is 1. The van der Waals surface area contributed by atoms with Crippen molar-refractivity contribution < 1.29 is 29.6 Å². The highest BCUT2D eigenvalue weighted by Gasteiger charge is 2.21. The summed E-state index contributed by atoms with van der Waals surface area (Å²) in [5.74, 6) is -2.51. The average molecular weight is 500 g/mol. The molecule has 35 heavy (non-hydrogen) atoms. The fourth-order valence-corrected chi connectivity index (χ4v) is 4.67. The second-order valence-corrected chi connectivity index (χ2v) is 8.78. The van der Waals surface area contributed by atoms with Crippen LogP contribution in [0, 0.1) is 0 Å². The quantitative estimate of drug-likeness (QED) is 0.317. The fourth-order valence-electron chi connectivity index (χ4n) is 3.64. The second-order valence-electron chi connectivity index (χ2n) is 7.69. The summed E-state index contributed by atoms with van der Waals surface area (Å²) in [6.45, 7) is 6.18. The monoisotopic (exact) mass is 499 g/mol. The minimum Gasteiger partial charge on any atom is -0.478 e. The molecule has 2 aliphatic heterocycles. The van der Waals surface area contributed by atoms with E-state index in [1.54, 1.807) is 11.8 Å². The molecule has 0 bridgehead atoms. The van der Waals surface area contributed by atoms with Gasteiger partial charge in [-0.1, -0.05) is 30.0 Å². The van der Waals surface area contributed by atoms with Crippen LogP contribution >= 0.6 is 11.8 Å². The number of benzene rings is 2. The molecule has 2 aromatic rings. The lowest BCUT2D eigenvalue weighted by atomic mass is 10.1. The van der Waals surface area contributed by atoms with Crippen molar-refractivity contribution in [3.05, 3.63) is 60.2 Å². The number of aliphatic hydroxyl groups is 1. The number of anilines is 1. The Morgan fingerprint density at radius 1 is 0.943 bits per heavy atom. The first-order valence-electron chi connectivity index (χ1n) is 11.2. The van der Waals surface area contributed by atoms with Crippen molar-refractivity contribution in [3.8, 4) is 0 Å². The SMILES string of the molecule is O=C(O)C=CC(=O)O.OCCOCCN1CCN(c2cccc3c2C=Nc2ccccc2S3)CC1. The Hall–Kier alpha value is -3.18. The minimum atomic E-state index is -1.26. The van der Waals surface area contributed by atoms with Gasteiger partial charge in [-0.25, -0.2) is 9.59 Å². The lowest BCUT2D eigenvalue weighted by molar-refractivity contribution is -0.134. The number of hydrogen-bond donors (Lipinski definition) is 3. The normalized spacial score (nSPS) is 15.1. The van der Waals surface area contributed by atoms with Crippen molar-refractivity contribution in [2.24, 2.45) is 4.99 Å². The van der Waals surface area contributed by atoms with Gasteiger partial charge in [0.2, 0.25) is 0 Å². The number of para-hydroxylation sites is 1. The molecule has 186 valence electrons. The van der Waals surface area contributed by atoms with Crippen LogP contribution in [-0.4, -0.2) is 90.9 Å². The van der Waals surface area contributed by atoms with Crippen LogP contribution in [0.3, 0.4) is 0 Å². The third-order valence-electron chi connectivity index (χ3n) is 5.33. The zero-order chi connectivity index (χ0) is 25.0. The number of aliphatic carboxylic acids is 2. The van der Waals surface area contributed by atoms with E-state index in [0.29, 0.717) is 25.4 Å². The first kappa shape index (κ1) is 26.4. The zero-order valence-electron chi connectivity index (χ0n) is 19.2. The van der Waals surface area contributed by atoms with Gasteiger partial charge < -0.3 is 25.0 Å². The Morgan fingerprint density at radius 3 is 2.31 bits per heavy atom. The molecule has 1 fully saturated rings. The number of aliphatic imine (C=N–C) groups is 1. The van der Waals surface area contributed by atoms with Crippen LogP contribution in [0.25, 0.3) is 0 Å². The van der Waals surface area contributed by atoms with E-state index in [1.807, 2.05) is 12.3 Å². The maximum absolute atomic E-state index is 9.55. The molecule has 0 atom stereocenters. The summed E-state index contributed by atoms with van der Waals surface area (Å²) in [5, 5.41) is 24.4. The Kier molecular flexibility index (Phi) is 10.3. The van der Waals surface area contributed by atoms with Crippen molar-refractivity contribution >= 4 is 41.3 Å².